The molecule has 0 N–H and O–H groups in total. The molecule has 1 aliphatic carbocycles. The number of Topliss-reactive ketones (excluding diaryl/α,β-unsaturated/α-hetero) is 1. The highest BCUT2D eigenvalue weighted by molar-refractivity contribution is 6.74. The first kappa shape index (κ1) is 30.8. The molecule has 0 amide bonds. The minimum atomic E-state index is -1.87. The number of benzene rings is 1. The Bertz CT molecular complexity index is 809. The summed E-state index contributed by atoms with van der Waals surface area (Å²) in [7, 11) is -0.435. The van der Waals surface area contributed by atoms with Crippen LogP contribution in [-0.4, -0.2) is 27.2 Å². The molecule has 0 heterocycles. The zero-order valence-electron chi connectivity index (χ0n) is 24.2. The third-order valence-corrected chi connectivity index (χ3v) is 13.0. The van der Waals surface area contributed by atoms with Gasteiger partial charge in [-0.2, -0.15) is 0 Å². The van der Waals surface area contributed by atoms with Crippen molar-refractivity contribution < 1.29 is 18.8 Å². The van der Waals surface area contributed by atoms with E-state index in [4.69, 9.17) is 9.16 Å². The summed E-state index contributed by atoms with van der Waals surface area (Å²) in [6.07, 6.45) is 12.0. The molecule has 0 aliphatic heterocycles. The minimum absolute atomic E-state index is 0.133. The topological polar surface area (TPSA) is 52.6 Å². The van der Waals surface area contributed by atoms with Crippen LogP contribution in [0.3, 0.4) is 0 Å². The molecule has 36 heavy (non-hydrogen) atoms. The molecule has 4 nitrogen and oxygen atoms in total. The minimum Gasteiger partial charge on any atom is -0.469 e. The Morgan fingerprint density at radius 2 is 1.69 bits per heavy atom. The van der Waals surface area contributed by atoms with Crippen molar-refractivity contribution in [3.63, 3.8) is 0 Å². The van der Waals surface area contributed by atoms with Crippen molar-refractivity contribution in [3.05, 3.63) is 35.4 Å². The van der Waals surface area contributed by atoms with E-state index < -0.39 is 8.32 Å². The average Bonchev–Trinajstić information content (AvgIpc) is 3.20. The maximum atomic E-state index is 12.7. The summed E-state index contributed by atoms with van der Waals surface area (Å²) in [6, 6.07) is 9.07. The molecule has 1 aromatic rings. The lowest BCUT2D eigenvalue weighted by Gasteiger charge is -2.39. The molecule has 0 spiro atoms. The van der Waals surface area contributed by atoms with E-state index in [0.29, 0.717) is 24.5 Å². The monoisotopic (exact) mass is 516 g/mol. The fourth-order valence-electron chi connectivity index (χ4n) is 5.12. The Hall–Kier alpha value is -1.46. The number of rotatable bonds is 15. The quantitative estimate of drug-likeness (QED) is 0.133. The Labute approximate surface area is 222 Å². The molecular weight excluding hydrogens is 464 g/mol. The molecule has 3 atom stereocenters. The van der Waals surface area contributed by atoms with Gasteiger partial charge in [-0.3, -0.25) is 9.59 Å². The van der Waals surface area contributed by atoms with Crippen LogP contribution in [0.25, 0.3) is 0 Å². The molecule has 5 heteroatoms. The summed E-state index contributed by atoms with van der Waals surface area (Å²) in [6.45, 7) is 13.9. The van der Waals surface area contributed by atoms with Crippen LogP contribution < -0.4 is 0 Å². The molecule has 1 fully saturated rings. The van der Waals surface area contributed by atoms with Gasteiger partial charge in [-0.05, 0) is 60.9 Å². The number of hydrogen-bond donors (Lipinski definition) is 0. The Morgan fingerprint density at radius 3 is 2.31 bits per heavy atom. The van der Waals surface area contributed by atoms with Gasteiger partial charge in [0.1, 0.15) is 5.78 Å². The van der Waals surface area contributed by atoms with Gasteiger partial charge in [0.2, 0.25) is 0 Å². The molecule has 1 saturated carbocycles. The van der Waals surface area contributed by atoms with Gasteiger partial charge in [-0.25, -0.2) is 0 Å². The van der Waals surface area contributed by atoms with Crippen LogP contribution in [0.15, 0.2) is 24.3 Å². The Balaban J connectivity index is 2.02. The van der Waals surface area contributed by atoms with Crippen molar-refractivity contribution in [3.8, 4) is 0 Å². The van der Waals surface area contributed by atoms with Gasteiger partial charge >= 0.3 is 5.97 Å². The van der Waals surface area contributed by atoms with Crippen LogP contribution in [0.4, 0.5) is 0 Å². The third-order valence-electron chi connectivity index (χ3n) is 8.52. The molecule has 1 aliphatic rings. The number of carbonyl (C=O) groups is 2. The lowest BCUT2D eigenvalue weighted by Crippen LogP contribution is -2.41. The molecule has 0 aromatic heterocycles. The van der Waals surface area contributed by atoms with E-state index in [0.717, 1.165) is 44.9 Å². The molecule has 2 rings (SSSR count). The van der Waals surface area contributed by atoms with E-state index in [1.165, 1.54) is 37.5 Å². The van der Waals surface area contributed by atoms with Crippen molar-refractivity contribution in [2.24, 2.45) is 5.92 Å². The van der Waals surface area contributed by atoms with Gasteiger partial charge in [-0.1, -0.05) is 90.5 Å². The number of unbranched alkanes of at least 4 members (excludes halogenated alkanes) is 5. The van der Waals surface area contributed by atoms with Gasteiger partial charge in [0.25, 0.3) is 0 Å². The Morgan fingerprint density at radius 1 is 1.03 bits per heavy atom. The van der Waals surface area contributed by atoms with Crippen molar-refractivity contribution in [2.45, 2.75) is 135 Å². The number of ether oxygens (including phenoxy) is 1. The number of hydrogen-bond acceptors (Lipinski definition) is 4. The fraction of sp³-hybridized carbons (Fsp3) is 0.742. The first-order valence-corrected chi connectivity index (χ1v) is 17.3. The van der Waals surface area contributed by atoms with Gasteiger partial charge in [0.15, 0.2) is 8.32 Å². The van der Waals surface area contributed by atoms with Crippen molar-refractivity contribution >= 4 is 20.1 Å². The highest BCUT2D eigenvalue weighted by atomic mass is 28.4. The highest BCUT2D eigenvalue weighted by Crippen LogP contribution is 2.43. The molecular formula is C31H52O4Si. The maximum absolute atomic E-state index is 12.7. The van der Waals surface area contributed by atoms with Gasteiger partial charge in [0.05, 0.1) is 13.2 Å². The largest absolute Gasteiger partial charge is 0.469 e. The summed E-state index contributed by atoms with van der Waals surface area (Å²) < 4.78 is 11.6. The van der Waals surface area contributed by atoms with Crippen LogP contribution in [0, 0.1) is 5.92 Å². The van der Waals surface area contributed by atoms with Crippen LogP contribution in [-0.2, 0) is 18.8 Å². The zero-order chi connectivity index (χ0) is 26.8. The van der Waals surface area contributed by atoms with E-state index in [1.807, 2.05) is 0 Å². The van der Waals surface area contributed by atoms with E-state index in [-0.39, 0.29) is 23.0 Å². The first-order chi connectivity index (χ1) is 17.0. The van der Waals surface area contributed by atoms with Gasteiger partial charge in [0, 0.05) is 18.8 Å². The van der Waals surface area contributed by atoms with Crippen LogP contribution in [0.1, 0.15) is 128 Å². The van der Waals surface area contributed by atoms with Gasteiger partial charge < -0.3 is 9.16 Å². The lowest BCUT2D eigenvalue weighted by atomic mass is 9.84. The van der Waals surface area contributed by atoms with Crippen LogP contribution >= 0.6 is 0 Å². The van der Waals surface area contributed by atoms with Gasteiger partial charge in [-0.15, -0.1) is 0 Å². The summed E-state index contributed by atoms with van der Waals surface area (Å²) in [5.41, 5.74) is 2.59. The molecule has 0 bridgehead atoms. The zero-order valence-corrected chi connectivity index (χ0v) is 25.2. The molecule has 204 valence electrons. The summed E-state index contributed by atoms with van der Waals surface area (Å²) in [4.78, 5) is 24.0. The number of esters is 1. The van der Waals surface area contributed by atoms with Crippen LogP contribution in [0.5, 0.6) is 0 Å². The van der Waals surface area contributed by atoms with E-state index in [2.05, 4.69) is 65.1 Å². The third kappa shape index (κ3) is 9.13. The maximum Gasteiger partial charge on any atom is 0.305 e. The molecule has 1 aromatic carbocycles. The summed E-state index contributed by atoms with van der Waals surface area (Å²) >= 11 is 0. The molecule has 0 saturated heterocycles. The van der Waals surface area contributed by atoms with E-state index in [9.17, 15) is 9.59 Å². The Kier molecular flexibility index (Phi) is 12.4. The standard InChI is InChI=1S/C31H52O4Si/c1-8-9-12-16-29(35-36(6,7)31(2,3)4)25-20-18-24(19-21-25)26-22-23-28(32)27(26)15-13-10-11-14-17-30(33)34-5/h18-21,26-27,29H,8-17,22-23H2,1-7H3/t26-,27-,29-/m0/s1. The normalized spacial score (nSPS) is 19.5. The number of methoxy groups -OCH3 is 1. The van der Waals surface area contributed by atoms with E-state index in [1.54, 1.807) is 0 Å². The second kappa shape index (κ2) is 14.5. The smallest absolute Gasteiger partial charge is 0.305 e. The predicted octanol–water partition coefficient (Wildman–Crippen LogP) is 8.91. The van der Waals surface area contributed by atoms with Crippen molar-refractivity contribution in [2.75, 3.05) is 7.11 Å². The average molecular weight is 517 g/mol. The summed E-state index contributed by atoms with van der Waals surface area (Å²) in [5, 5.41) is 0.187. The second-order valence-electron chi connectivity index (χ2n) is 12.3. The lowest BCUT2D eigenvalue weighted by molar-refractivity contribution is -0.140. The fourth-order valence-corrected chi connectivity index (χ4v) is 6.44. The van der Waals surface area contributed by atoms with Crippen molar-refractivity contribution in [1.82, 2.24) is 0 Å². The number of ketones is 1. The highest BCUT2D eigenvalue weighted by Gasteiger charge is 2.39. The molecule has 0 radical (unpaired) electrons. The summed E-state index contributed by atoms with van der Waals surface area (Å²) in [5.74, 6) is 0.769. The van der Waals surface area contributed by atoms with E-state index >= 15 is 0 Å². The first-order valence-electron chi connectivity index (χ1n) is 14.4. The second-order valence-corrected chi connectivity index (χ2v) is 17.0. The predicted molar refractivity (Wildman–Crippen MR) is 152 cm³/mol. The SMILES string of the molecule is CCCCC[C@H](O[Si](C)(C)C(C)(C)C)c1ccc([C@@H]2CCC(=O)[C@H]2CCCCCCC(=O)OC)cc1. The van der Waals surface area contributed by atoms with Crippen molar-refractivity contribution in [1.29, 1.82) is 0 Å². The van der Waals surface area contributed by atoms with Crippen LogP contribution in [0.2, 0.25) is 18.1 Å². The number of carbonyl (C=O) groups excluding carboxylic acids is 2. The molecule has 0 unspecified atom stereocenters.